The molecule has 36 heavy (non-hydrogen) atoms. The lowest BCUT2D eigenvalue weighted by molar-refractivity contribution is -0.151. The smallest absolute Gasteiger partial charge is 0.309 e. The first-order chi connectivity index (χ1) is 17.0. The molecule has 2 aromatic heterocycles. The Labute approximate surface area is 215 Å². The molecule has 2 saturated heterocycles. The van der Waals surface area contributed by atoms with Gasteiger partial charge in [-0.05, 0) is 44.9 Å². The summed E-state index contributed by atoms with van der Waals surface area (Å²) < 4.78 is 35.1. The fourth-order valence-corrected chi connectivity index (χ4v) is 8.68. The number of carbonyl (C=O) groups is 2. The van der Waals surface area contributed by atoms with E-state index in [4.69, 9.17) is 4.74 Å². The summed E-state index contributed by atoms with van der Waals surface area (Å²) in [6.07, 6.45) is 3.29. The van der Waals surface area contributed by atoms with Crippen molar-refractivity contribution in [2.24, 2.45) is 17.8 Å². The SMILES string of the molecule is CCOC(=O)C1CCN(C(=O)Cn2cnc3sc(C)c(S(=O)(=O)N4C[C@@H](C)C[C@H](C)C4)c3c2=O)CC1. The number of esters is 1. The van der Waals surface area contributed by atoms with Crippen molar-refractivity contribution in [3.63, 3.8) is 0 Å². The van der Waals surface area contributed by atoms with Gasteiger partial charge < -0.3 is 9.64 Å². The van der Waals surface area contributed by atoms with Gasteiger partial charge in [-0.15, -0.1) is 11.3 Å². The van der Waals surface area contributed by atoms with Crippen molar-refractivity contribution in [1.29, 1.82) is 0 Å². The molecule has 0 radical (unpaired) electrons. The Morgan fingerprint density at radius 1 is 1.17 bits per heavy atom. The van der Waals surface area contributed by atoms with Crippen molar-refractivity contribution in [3.8, 4) is 0 Å². The minimum atomic E-state index is -3.90. The zero-order chi connectivity index (χ0) is 26.2. The van der Waals surface area contributed by atoms with E-state index in [0.717, 1.165) is 6.42 Å². The van der Waals surface area contributed by atoms with Crippen LogP contribution in [0.4, 0.5) is 0 Å². The average molecular weight is 539 g/mol. The number of carbonyl (C=O) groups excluding carboxylic acids is 2. The number of amides is 1. The minimum Gasteiger partial charge on any atom is -0.466 e. The first kappa shape index (κ1) is 26.7. The molecule has 0 bridgehead atoms. The number of hydrogen-bond acceptors (Lipinski definition) is 8. The first-order valence-electron chi connectivity index (χ1n) is 12.5. The van der Waals surface area contributed by atoms with E-state index in [9.17, 15) is 22.8 Å². The highest BCUT2D eigenvalue weighted by atomic mass is 32.2. The molecular weight excluding hydrogens is 504 g/mol. The van der Waals surface area contributed by atoms with Gasteiger partial charge in [0.15, 0.2) is 0 Å². The van der Waals surface area contributed by atoms with Crippen molar-refractivity contribution in [1.82, 2.24) is 18.8 Å². The van der Waals surface area contributed by atoms with E-state index in [1.807, 2.05) is 13.8 Å². The molecule has 0 unspecified atom stereocenters. The molecule has 198 valence electrons. The lowest BCUT2D eigenvalue weighted by atomic mass is 9.94. The van der Waals surface area contributed by atoms with Gasteiger partial charge >= 0.3 is 5.97 Å². The second-order valence-electron chi connectivity index (χ2n) is 10.0. The van der Waals surface area contributed by atoms with Crippen LogP contribution in [0.1, 0.15) is 44.9 Å². The molecule has 2 fully saturated rings. The quantitative estimate of drug-likeness (QED) is 0.518. The van der Waals surface area contributed by atoms with Crippen LogP contribution in [-0.2, 0) is 30.9 Å². The lowest BCUT2D eigenvalue weighted by Gasteiger charge is -2.34. The van der Waals surface area contributed by atoms with Crippen molar-refractivity contribution in [2.75, 3.05) is 32.8 Å². The summed E-state index contributed by atoms with van der Waals surface area (Å²) in [5, 5.41) is 0.0553. The summed E-state index contributed by atoms with van der Waals surface area (Å²) in [5.41, 5.74) is -0.532. The van der Waals surface area contributed by atoms with Gasteiger partial charge in [0.2, 0.25) is 15.9 Å². The summed E-state index contributed by atoms with van der Waals surface area (Å²) in [6, 6.07) is 0. The molecule has 1 amide bonds. The maximum atomic E-state index is 13.7. The number of fused-ring (bicyclic) bond motifs is 1. The molecule has 0 aliphatic carbocycles. The molecule has 0 N–H and O–H groups in total. The highest BCUT2D eigenvalue weighted by molar-refractivity contribution is 7.89. The average Bonchev–Trinajstić information content (AvgIpc) is 3.18. The zero-order valence-electron chi connectivity index (χ0n) is 21.2. The Morgan fingerprint density at radius 3 is 2.42 bits per heavy atom. The van der Waals surface area contributed by atoms with Crippen LogP contribution in [0, 0.1) is 24.7 Å². The van der Waals surface area contributed by atoms with E-state index in [-0.39, 0.29) is 46.5 Å². The van der Waals surface area contributed by atoms with Crippen LogP contribution >= 0.6 is 11.3 Å². The second kappa shape index (κ2) is 10.6. The van der Waals surface area contributed by atoms with Crippen LogP contribution < -0.4 is 5.56 Å². The van der Waals surface area contributed by atoms with E-state index in [1.54, 1.807) is 18.7 Å². The third kappa shape index (κ3) is 5.21. The number of ether oxygens (including phenoxy) is 1. The Kier molecular flexibility index (Phi) is 7.86. The van der Waals surface area contributed by atoms with E-state index in [2.05, 4.69) is 4.98 Å². The van der Waals surface area contributed by atoms with Crippen LogP contribution in [0.3, 0.4) is 0 Å². The summed E-state index contributed by atoms with van der Waals surface area (Å²) in [7, 11) is -3.90. The summed E-state index contributed by atoms with van der Waals surface area (Å²) in [6.45, 7) is 9.24. The Balaban J connectivity index is 1.58. The maximum Gasteiger partial charge on any atom is 0.309 e. The predicted molar refractivity (Wildman–Crippen MR) is 136 cm³/mol. The second-order valence-corrected chi connectivity index (χ2v) is 13.1. The number of thiophene rings is 1. The largest absolute Gasteiger partial charge is 0.466 e. The molecule has 2 aromatic rings. The summed E-state index contributed by atoms with van der Waals surface area (Å²) >= 11 is 1.18. The summed E-state index contributed by atoms with van der Waals surface area (Å²) in [4.78, 5) is 45.2. The molecule has 0 saturated carbocycles. The van der Waals surface area contributed by atoms with Crippen molar-refractivity contribution < 1.29 is 22.7 Å². The van der Waals surface area contributed by atoms with E-state index in [1.165, 1.54) is 26.5 Å². The molecule has 4 rings (SSSR count). The number of aromatic nitrogens is 2. The van der Waals surface area contributed by atoms with Crippen LogP contribution in [0.25, 0.3) is 10.2 Å². The maximum absolute atomic E-state index is 13.7. The Hall–Kier alpha value is -2.31. The Bertz CT molecular complexity index is 1300. The lowest BCUT2D eigenvalue weighted by Crippen LogP contribution is -2.43. The molecular formula is C24H34N4O6S2. The Morgan fingerprint density at radius 2 is 1.81 bits per heavy atom. The van der Waals surface area contributed by atoms with Crippen LogP contribution in [0.2, 0.25) is 0 Å². The van der Waals surface area contributed by atoms with Gasteiger partial charge in [-0.2, -0.15) is 4.31 Å². The van der Waals surface area contributed by atoms with Crippen molar-refractivity contribution in [2.45, 2.75) is 58.4 Å². The number of sulfonamides is 1. The number of likely N-dealkylation sites (tertiary alicyclic amines) is 1. The molecule has 10 nitrogen and oxygen atoms in total. The fraction of sp³-hybridized carbons (Fsp3) is 0.667. The normalized spacial score (nSPS) is 22.2. The molecule has 0 aromatic carbocycles. The van der Waals surface area contributed by atoms with Crippen molar-refractivity contribution >= 4 is 43.5 Å². The summed E-state index contributed by atoms with van der Waals surface area (Å²) in [5.74, 6) is -0.273. The third-order valence-corrected chi connectivity index (χ3v) is 10.2. The number of nitrogens with zero attached hydrogens (tertiary/aromatic N) is 4. The predicted octanol–water partition coefficient (Wildman–Crippen LogP) is 2.23. The van der Waals surface area contributed by atoms with E-state index >= 15 is 0 Å². The highest BCUT2D eigenvalue weighted by Gasteiger charge is 2.36. The van der Waals surface area contributed by atoms with Gasteiger partial charge in [-0.1, -0.05) is 13.8 Å². The molecule has 2 atom stereocenters. The minimum absolute atomic E-state index is 0.0124. The number of piperidine rings is 2. The number of aryl methyl sites for hydroxylation is 1. The van der Waals surface area contributed by atoms with Gasteiger partial charge in [0.05, 0.1) is 24.2 Å². The topological polar surface area (TPSA) is 119 Å². The molecule has 0 spiro atoms. The zero-order valence-corrected chi connectivity index (χ0v) is 22.9. The van der Waals surface area contributed by atoms with E-state index in [0.29, 0.717) is 55.3 Å². The van der Waals surface area contributed by atoms with Gasteiger partial charge in [-0.25, -0.2) is 13.4 Å². The van der Waals surface area contributed by atoms with Crippen LogP contribution in [0.15, 0.2) is 16.0 Å². The molecule has 2 aliphatic heterocycles. The highest BCUT2D eigenvalue weighted by Crippen LogP contribution is 2.35. The fourth-order valence-electron chi connectivity index (χ4n) is 5.34. The van der Waals surface area contributed by atoms with Crippen LogP contribution in [0.5, 0.6) is 0 Å². The standard InChI is InChI=1S/C24H34N4O6S2/c1-5-34-24(31)18-6-8-26(9-7-18)19(29)13-27-14-25-22-20(23(27)30)21(17(4)35-22)36(32,33)28-11-15(2)10-16(3)12-28/h14-16,18H,5-13H2,1-4H3/t15-,16-/m0/s1. The van der Waals surface area contributed by atoms with Gasteiger partial charge in [0, 0.05) is 31.1 Å². The van der Waals surface area contributed by atoms with Crippen LogP contribution in [-0.4, -0.2) is 71.8 Å². The number of rotatable bonds is 6. The molecule has 12 heteroatoms. The van der Waals surface area contributed by atoms with E-state index < -0.39 is 15.6 Å². The molecule has 4 heterocycles. The molecule has 2 aliphatic rings. The monoisotopic (exact) mass is 538 g/mol. The first-order valence-corrected chi connectivity index (χ1v) is 14.7. The third-order valence-electron chi connectivity index (χ3n) is 7.01. The van der Waals surface area contributed by atoms with Crippen molar-refractivity contribution in [3.05, 3.63) is 21.6 Å². The van der Waals surface area contributed by atoms with Gasteiger partial charge in [-0.3, -0.25) is 19.0 Å². The number of hydrogen-bond donors (Lipinski definition) is 0. The van der Waals surface area contributed by atoms with Gasteiger partial charge in [0.1, 0.15) is 16.3 Å². The van der Waals surface area contributed by atoms with Gasteiger partial charge in [0.25, 0.3) is 5.56 Å².